The van der Waals surface area contributed by atoms with Crippen molar-refractivity contribution in [2.75, 3.05) is 0 Å². The molecule has 164 valence electrons. The zero-order chi connectivity index (χ0) is 22.7. The highest BCUT2D eigenvalue weighted by atomic mass is 32.2. The zero-order valence-electron chi connectivity index (χ0n) is 18.7. The van der Waals surface area contributed by atoms with E-state index in [1.54, 1.807) is 46.8 Å². The highest BCUT2D eigenvalue weighted by Crippen LogP contribution is 2.28. The molecule has 2 atom stereocenters. The van der Waals surface area contributed by atoms with E-state index >= 15 is 0 Å². The number of aliphatic hydroxyl groups excluding tert-OH is 1. The summed E-state index contributed by atoms with van der Waals surface area (Å²) in [4.78, 5) is 11.7. The maximum Gasteiger partial charge on any atom is 0.331 e. The predicted octanol–water partition coefficient (Wildman–Crippen LogP) is 3.72. The van der Waals surface area contributed by atoms with E-state index in [0.29, 0.717) is 11.1 Å². The number of carboxylic acid groups (broad SMARTS) is 1. The number of aliphatic hydroxyl groups is 1. The summed E-state index contributed by atoms with van der Waals surface area (Å²) >= 11 is 0. The van der Waals surface area contributed by atoms with Gasteiger partial charge in [-0.25, -0.2) is 17.9 Å². The van der Waals surface area contributed by atoms with Crippen molar-refractivity contribution in [3.63, 3.8) is 0 Å². The molecule has 0 aromatic heterocycles. The van der Waals surface area contributed by atoms with Crippen LogP contribution >= 0.6 is 0 Å². The second kappa shape index (κ2) is 9.41. The molecule has 1 unspecified atom stereocenters. The molecule has 0 aliphatic carbocycles. The number of nitrogens with one attached hydrogen (secondary N) is 1. The molecule has 29 heavy (non-hydrogen) atoms. The summed E-state index contributed by atoms with van der Waals surface area (Å²) in [6.45, 7) is 14.5. The smallest absolute Gasteiger partial charge is 0.331 e. The largest absolute Gasteiger partial charge is 0.478 e. The summed E-state index contributed by atoms with van der Waals surface area (Å²) < 4.78 is 29.0. The summed E-state index contributed by atoms with van der Waals surface area (Å²) in [5, 5.41) is 20.2. The predicted molar refractivity (Wildman–Crippen MR) is 115 cm³/mol. The van der Waals surface area contributed by atoms with Gasteiger partial charge in [-0.05, 0) is 55.7 Å². The lowest BCUT2D eigenvalue weighted by Crippen LogP contribution is -2.50. The number of carbonyl (C=O) groups is 1. The van der Waals surface area contributed by atoms with Crippen LogP contribution in [-0.4, -0.2) is 36.7 Å². The van der Waals surface area contributed by atoms with E-state index in [1.807, 2.05) is 20.8 Å². The van der Waals surface area contributed by atoms with Gasteiger partial charge >= 0.3 is 5.97 Å². The zero-order valence-corrected chi connectivity index (χ0v) is 19.5. The molecule has 0 spiro atoms. The van der Waals surface area contributed by atoms with E-state index in [2.05, 4.69) is 4.72 Å². The second-order valence-electron chi connectivity index (χ2n) is 9.28. The molecule has 7 heteroatoms. The van der Waals surface area contributed by atoms with Crippen LogP contribution in [0.15, 0.2) is 28.7 Å². The van der Waals surface area contributed by atoms with Crippen molar-refractivity contribution < 1.29 is 23.4 Å². The molecule has 0 heterocycles. The van der Waals surface area contributed by atoms with Crippen molar-refractivity contribution in [1.29, 1.82) is 0 Å². The third kappa shape index (κ3) is 6.94. The normalized spacial score (nSPS) is 15.4. The number of rotatable bonds is 8. The van der Waals surface area contributed by atoms with Crippen molar-refractivity contribution in [3.05, 3.63) is 40.5 Å². The Bertz CT molecular complexity index is 856. The summed E-state index contributed by atoms with van der Waals surface area (Å²) in [5.41, 5.74) is 1.63. The first-order valence-corrected chi connectivity index (χ1v) is 11.3. The minimum atomic E-state index is -3.93. The molecular weight excluding hydrogens is 390 g/mol. The van der Waals surface area contributed by atoms with Gasteiger partial charge in [0, 0.05) is 5.57 Å². The third-order valence-corrected chi connectivity index (χ3v) is 6.45. The maximum atomic E-state index is 13.2. The molecule has 0 radical (unpaired) electrons. The molecule has 0 saturated carbocycles. The van der Waals surface area contributed by atoms with Gasteiger partial charge in [-0.2, -0.15) is 0 Å². The molecule has 3 N–H and O–H groups in total. The van der Waals surface area contributed by atoms with Crippen molar-refractivity contribution in [3.8, 4) is 0 Å². The van der Waals surface area contributed by atoms with Crippen LogP contribution in [-0.2, 0) is 14.8 Å². The topological polar surface area (TPSA) is 104 Å². The Morgan fingerprint density at radius 3 is 2.00 bits per heavy atom. The summed E-state index contributed by atoms with van der Waals surface area (Å²) in [7, 11) is -3.93. The molecule has 0 fully saturated rings. The first-order valence-electron chi connectivity index (χ1n) is 9.78. The van der Waals surface area contributed by atoms with E-state index in [4.69, 9.17) is 0 Å². The number of hydrogen-bond donors (Lipinski definition) is 3. The highest BCUT2D eigenvalue weighted by molar-refractivity contribution is 7.89. The fourth-order valence-corrected chi connectivity index (χ4v) is 5.46. The lowest BCUT2D eigenvalue weighted by Gasteiger charge is -2.34. The number of sulfonamides is 1. The van der Waals surface area contributed by atoms with Crippen LogP contribution in [0.3, 0.4) is 0 Å². The minimum absolute atomic E-state index is 0.0728. The molecule has 0 aliphatic heterocycles. The van der Waals surface area contributed by atoms with E-state index in [-0.39, 0.29) is 22.8 Å². The molecule has 1 aromatic carbocycles. The van der Waals surface area contributed by atoms with Gasteiger partial charge in [0.1, 0.15) is 0 Å². The molecule has 0 amide bonds. The van der Waals surface area contributed by atoms with E-state index in [1.165, 1.54) is 6.08 Å². The monoisotopic (exact) mass is 425 g/mol. The summed E-state index contributed by atoms with van der Waals surface area (Å²) in [6, 6.07) is 2.69. The second-order valence-corrected chi connectivity index (χ2v) is 10.9. The standard InChI is InChI=1S/C22H35NO5S/c1-13(2)9-17(21(25)26)12-18(24)20(22(6,7)8)23-29(27,28)19-15(4)10-14(3)11-16(19)5/h10-13,18,20,23-24H,9H2,1-8H3,(H,25,26)/b17-12+/t18-,20?/m0/s1. The van der Waals surface area contributed by atoms with Gasteiger partial charge in [0.05, 0.1) is 17.0 Å². The van der Waals surface area contributed by atoms with Crippen LogP contribution in [0, 0.1) is 32.1 Å². The van der Waals surface area contributed by atoms with Gasteiger partial charge in [0.2, 0.25) is 10.0 Å². The van der Waals surface area contributed by atoms with E-state index < -0.39 is 33.6 Å². The Balaban J connectivity index is 3.39. The van der Waals surface area contributed by atoms with Gasteiger partial charge in [0.25, 0.3) is 0 Å². The molecular formula is C22H35NO5S. The lowest BCUT2D eigenvalue weighted by atomic mass is 9.83. The summed E-state index contributed by atoms with van der Waals surface area (Å²) in [5.74, 6) is -1.02. The Kier molecular flexibility index (Phi) is 8.22. The fourth-order valence-electron chi connectivity index (χ4n) is 3.54. The average Bonchev–Trinajstić information content (AvgIpc) is 2.48. The van der Waals surface area contributed by atoms with Crippen LogP contribution in [0.4, 0.5) is 0 Å². The lowest BCUT2D eigenvalue weighted by molar-refractivity contribution is -0.133. The quantitative estimate of drug-likeness (QED) is 0.551. The van der Waals surface area contributed by atoms with Crippen molar-refractivity contribution in [2.24, 2.45) is 11.3 Å². The number of hydrogen-bond acceptors (Lipinski definition) is 4. The molecule has 1 aromatic rings. The first kappa shape index (κ1) is 25.3. The molecule has 1 rings (SSSR count). The SMILES string of the molecule is Cc1cc(C)c(S(=O)(=O)NC([C@@H](O)/C=C(\CC(C)C)C(=O)O)C(C)(C)C)c(C)c1. The maximum absolute atomic E-state index is 13.2. The number of aryl methyl sites for hydroxylation is 3. The van der Waals surface area contributed by atoms with E-state index in [0.717, 1.165) is 5.56 Å². The summed E-state index contributed by atoms with van der Waals surface area (Å²) in [6.07, 6.45) is 0.252. The Morgan fingerprint density at radius 2 is 1.62 bits per heavy atom. The highest BCUT2D eigenvalue weighted by Gasteiger charge is 2.35. The molecule has 0 saturated heterocycles. The molecule has 0 aliphatic rings. The van der Waals surface area contributed by atoms with Gasteiger partial charge in [0.15, 0.2) is 0 Å². The van der Waals surface area contributed by atoms with Crippen LogP contribution < -0.4 is 4.72 Å². The molecule has 0 bridgehead atoms. The van der Waals surface area contributed by atoms with Crippen LogP contribution in [0.5, 0.6) is 0 Å². The Labute approximate surface area is 175 Å². The van der Waals surface area contributed by atoms with Crippen molar-refractivity contribution in [2.45, 2.75) is 78.9 Å². The van der Waals surface area contributed by atoms with Crippen LogP contribution in [0.25, 0.3) is 0 Å². The van der Waals surface area contributed by atoms with Crippen molar-refractivity contribution in [1.82, 2.24) is 4.72 Å². The third-order valence-electron chi connectivity index (χ3n) is 4.70. The minimum Gasteiger partial charge on any atom is -0.478 e. The number of benzene rings is 1. The van der Waals surface area contributed by atoms with Gasteiger partial charge in [-0.1, -0.05) is 52.3 Å². The van der Waals surface area contributed by atoms with Gasteiger partial charge < -0.3 is 10.2 Å². The van der Waals surface area contributed by atoms with Gasteiger partial charge in [-0.3, -0.25) is 0 Å². The van der Waals surface area contributed by atoms with Crippen molar-refractivity contribution >= 4 is 16.0 Å². The number of aliphatic carboxylic acids is 1. The van der Waals surface area contributed by atoms with Crippen LogP contribution in [0.1, 0.15) is 57.7 Å². The van der Waals surface area contributed by atoms with Gasteiger partial charge in [-0.15, -0.1) is 0 Å². The average molecular weight is 426 g/mol. The first-order chi connectivity index (χ1) is 13.1. The van der Waals surface area contributed by atoms with Crippen LogP contribution in [0.2, 0.25) is 0 Å². The Morgan fingerprint density at radius 1 is 1.14 bits per heavy atom. The fraction of sp³-hybridized carbons (Fsp3) is 0.591. The van der Waals surface area contributed by atoms with E-state index in [9.17, 15) is 23.4 Å². The number of carboxylic acids is 1. The molecule has 6 nitrogen and oxygen atoms in total. The Hall–Kier alpha value is -1.70.